The predicted octanol–water partition coefficient (Wildman–Crippen LogP) is 3.12. The molecular weight excluding hydrogens is 328 g/mol. The Morgan fingerprint density at radius 2 is 1.85 bits per heavy atom. The van der Waals surface area contributed by atoms with Crippen LogP contribution in [0.4, 0.5) is 5.69 Å². The van der Waals surface area contributed by atoms with Gasteiger partial charge in [0, 0.05) is 36.9 Å². The average Bonchev–Trinajstić information content (AvgIpc) is 2.67. The number of hydrogen-bond acceptors (Lipinski definition) is 4. The molecule has 1 amide bonds. The molecule has 0 radical (unpaired) electrons. The van der Waals surface area contributed by atoms with E-state index in [9.17, 15) is 4.79 Å². The maximum atomic E-state index is 12.9. The maximum absolute atomic E-state index is 12.9. The fraction of sp³-hybridized carbons (Fsp3) is 0.381. The molecule has 2 aromatic carbocycles. The largest absolute Gasteiger partial charge is 0.486 e. The van der Waals surface area contributed by atoms with Gasteiger partial charge >= 0.3 is 0 Å². The third-order valence-electron chi connectivity index (χ3n) is 5.04. The zero-order valence-corrected chi connectivity index (χ0v) is 15.3. The van der Waals surface area contributed by atoms with Crippen LogP contribution in [-0.4, -0.2) is 49.7 Å². The zero-order valence-electron chi connectivity index (χ0n) is 15.3. The SMILES string of the molecule is Cc1cccc(N2CCN(C(=O)c3ccc4c(c3)OCCO4)C[C@H]2C)c1. The number of nitrogens with zero attached hydrogens (tertiary/aromatic N) is 2. The molecule has 0 spiro atoms. The quantitative estimate of drug-likeness (QED) is 0.833. The summed E-state index contributed by atoms with van der Waals surface area (Å²) in [6, 6.07) is 14.3. The number of carbonyl (C=O) groups excluding carboxylic acids is 1. The number of hydrogen-bond donors (Lipinski definition) is 0. The van der Waals surface area contributed by atoms with Gasteiger partial charge in [0.2, 0.25) is 0 Å². The third kappa shape index (κ3) is 3.21. The van der Waals surface area contributed by atoms with Crippen molar-refractivity contribution >= 4 is 11.6 Å². The number of carbonyl (C=O) groups is 1. The molecule has 0 aromatic heterocycles. The molecule has 0 N–H and O–H groups in total. The molecule has 1 saturated heterocycles. The fourth-order valence-corrected chi connectivity index (χ4v) is 3.69. The molecule has 136 valence electrons. The molecule has 0 aliphatic carbocycles. The van der Waals surface area contributed by atoms with E-state index in [1.54, 1.807) is 6.07 Å². The van der Waals surface area contributed by atoms with Crippen molar-refractivity contribution in [1.82, 2.24) is 4.90 Å². The van der Waals surface area contributed by atoms with Crippen LogP contribution in [0.3, 0.4) is 0 Å². The van der Waals surface area contributed by atoms with Gasteiger partial charge in [-0.25, -0.2) is 0 Å². The van der Waals surface area contributed by atoms with Gasteiger partial charge in [0.1, 0.15) is 13.2 Å². The molecule has 0 unspecified atom stereocenters. The molecule has 2 aliphatic rings. The maximum Gasteiger partial charge on any atom is 0.254 e. The summed E-state index contributed by atoms with van der Waals surface area (Å²) >= 11 is 0. The van der Waals surface area contributed by atoms with Crippen LogP contribution in [0.15, 0.2) is 42.5 Å². The monoisotopic (exact) mass is 352 g/mol. The van der Waals surface area contributed by atoms with E-state index in [2.05, 4.69) is 43.0 Å². The second-order valence-corrected chi connectivity index (χ2v) is 6.99. The number of fused-ring (bicyclic) bond motifs is 1. The second-order valence-electron chi connectivity index (χ2n) is 6.99. The van der Waals surface area contributed by atoms with E-state index in [1.165, 1.54) is 11.3 Å². The first-order valence-electron chi connectivity index (χ1n) is 9.14. The highest BCUT2D eigenvalue weighted by Gasteiger charge is 2.28. The Balaban J connectivity index is 1.47. The lowest BCUT2D eigenvalue weighted by Gasteiger charge is -2.41. The molecule has 4 rings (SSSR count). The Morgan fingerprint density at radius 3 is 2.62 bits per heavy atom. The zero-order chi connectivity index (χ0) is 18.1. The van der Waals surface area contributed by atoms with Crippen LogP contribution >= 0.6 is 0 Å². The Morgan fingerprint density at radius 1 is 1.04 bits per heavy atom. The standard InChI is InChI=1S/C21H24N2O3/c1-15-4-3-5-18(12-15)23-9-8-22(14-16(23)2)21(24)17-6-7-19-20(13-17)26-11-10-25-19/h3-7,12-13,16H,8-11,14H2,1-2H3/t16-/m1/s1. The Labute approximate surface area is 154 Å². The van der Waals surface area contributed by atoms with E-state index in [0.717, 1.165) is 6.54 Å². The van der Waals surface area contributed by atoms with E-state index < -0.39 is 0 Å². The number of ether oxygens (including phenoxy) is 2. The van der Waals surface area contributed by atoms with Crippen molar-refractivity contribution in [1.29, 1.82) is 0 Å². The van der Waals surface area contributed by atoms with Crippen LogP contribution in [0, 0.1) is 6.92 Å². The normalized spacial score (nSPS) is 19.4. The van der Waals surface area contributed by atoms with Crippen molar-refractivity contribution in [2.45, 2.75) is 19.9 Å². The first-order chi connectivity index (χ1) is 12.6. The minimum atomic E-state index is 0.0534. The number of anilines is 1. The first-order valence-corrected chi connectivity index (χ1v) is 9.14. The van der Waals surface area contributed by atoms with Crippen LogP contribution in [0.25, 0.3) is 0 Å². The van der Waals surface area contributed by atoms with Crippen molar-refractivity contribution in [3.8, 4) is 11.5 Å². The molecule has 2 aromatic rings. The van der Waals surface area contributed by atoms with Gasteiger partial charge in [-0.1, -0.05) is 12.1 Å². The molecule has 0 saturated carbocycles. The summed E-state index contributed by atoms with van der Waals surface area (Å²) in [5.41, 5.74) is 3.14. The van der Waals surface area contributed by atoms with E-state index in [0.29, 0.717) is 43.4 Å². The van der Waals surface area contributed by atoms with E-state index in [4.69, 9.17) is 9.47 Å². The van der Waals surface area contributed by atoms with E-state index >= 15 is 0 Å². The lowest BCUT2D eigenvalue weighted by Crippen LogP contribution is -2.53. The molecule has 26 heavy (non-hydrogen) atoms. The summed E-state index contributed by atoms with van der Waals surface area (Å²) in [6.07, 6.45) is 0. The summed E-state index contributed by atoms with van der Waals surface area (Å²) in [7, 11) is 0. The molecule has 2 heterocycles. The van der Waals surface area contributed by atoms with Gasteiger partial charge < -0.3 is 19.3 Å². The predicted molar refractivity (Wildman–Crippen MR) is 101 cm³/mol. The van der Waals surface area contributed by atoms with Crippen molar-refractivity contribution in [2.24, 2.45) is 0 Å². The third-order valence-corrected chi connectivity index (χ3v) is 5.04. The summed E-state index contributed by atoms with van der Waals surface area (Å²) in [5, 5.41) is 0. The molecule has 0 bridgehead atoms. The van der Waals surface area contributed by atoms with Crippen LogP contribution in [0.1, 0.15) is 22.8 Å². The summed E-state index contributed by atoms with van der Waals surface area (Å²) in [4.78, 5) is 17.2. The van der Waals surface area contributed by atoms with Gasteiger partial charge in [-0.2, -0.15) is 0 Å². The minimum Gasteiger partial charge on any atom is -0.486 e. The van der Waals surface area contributed by atoms with Crippen molar-refractivity contribution < 1.29 is 14.3 Å². The van der Waals surface area contributed by atoms with Crippen molar-refractivity contribution in [3.63, 3.8) is 0 Å². The Kier molecular flexibility index (Phi) is 4.45. The molecule has 5 heteroatoms. The molecule has 1 fully saturated rings. The number of rotatable bonds is 2. The Bertz CT molecular complexity index is 821. The topological polar surface area (TPSA) is 42.0 Å². The summed E-state index contributed by atoms with van der Waals surface area (Å²) < 4.78 is 11.1. The Hall–Kier alpha value is -2.69. The van der Waals surface area contributed by atoms with Gasteiger partial charge in [-0.3, -0.25) is 4.79 Å². The van der Waals surface area contributed by atoms with Gasteiger partial charge in [0.25, 0.3) is 5.91 Å². The smallest absolute Gasteiger partial charge is 0.254 e. The first kappa shape index (κ1) is 16.8. The number of piperazine rings is 1. The second kappa shape index (κ2) is 6.90. The molecular formula is C21H24N2O3. The highest BCUT2D eigenvalue weighted by atomic mass is 16.6. The van der Waals surface area contributed by atoms with Crippen molar-refractivity contribution in [2.75, 3.05) is 37.7 Å². The van der Waals surface area contributed by atoms with Crippen LogP contribution in [0.5, 0.6) is 11.5 Å². The highest BCUT2D eigenvalue weighted by Crippen LogP contribution is 2.31. The average molecular weight is 352 g/mol. The van der Waals surface area contributed by atoms with E-state index in [1.807, 2.05) is 17.0 Å². The van der Waals surface area contributed by atoms with Gasteiger partial charge in [0.15, 0.2) is 11.5 Å². The number of benzene rings is 2. The minimum absolute atomic E-state index is 0.0534. The van der Waals surface area contributed by atoms with Gasteiger partial charge in [-0.05, 0) is 49.7 Å². The van der Waals surface area contributed by atoms with Crippen LogP contribution < -0.4 is 14.4 Å². The van der Waals surface area contributed by atoms with Crippen LogP contribution in [-0.2, 0) is 0 Å². The van der Waals surface area contributed by atoms with Gasteiger partial charge in [-0.15, -0.1) is 0 Å². The highest BCUT2D eigenvalue weighted by molar-refractivity contribution is 5.95. The fourth-order valence-electron chi connectivity index (χ4n) is 3.69. The number of amides is 1. The lowest BCUT2D eigenvalue weighted by molar-refractivity contribution is 0.0725. The van der Waals surface area contributed by atoms with Crippen LogP contribution in [0.2, 0.25) is 0 Å². The molecule has 5 nitrogen and oxygen atoms in total. The molecule has 2 aliphatic heterocycles. The summed E-state index contributed by atoms with van der Waals surface area (Å²) in [5.74, 6) is 1.43. The molecule has 1 atom stereocenters. The van der Waals surface area contributed by atoms with Gasteiger partial charge in [0.05, 0.1) is 0 Å². The summed E-state index contributed by atoms with van der Waals surface area (Å²) in [6.45, 7) is 7.62. The van der Waals surface area contributed by atoms with E-state index in [-0.39, 0.29) is 11.9 Å². The lowest BCUT2D eigenvalue weighted by atomic mass is 10.1. The van der Waals surface area contributed by atoms with Crippen molar-refractivity contribution in [3.05, 3.63) is 53.6 Å². The number of aryl methyl sites for hydroxylation is 1.